The van der Waals surface area contributed by atoms with Gasteiger partial charge in [-0.3, -0.25) is 0 Å². The molecule has 2 nitrogen and oxygen atoms in total. The van der Waals surface area contributed by atoms with Gasteiger partial charge in [-0.1, -0.05) is 42.7 Å². The zero-order valence-corrected chi connectivity index (χ0v) is 12.5. The van der Waals surface area contributed by atoms with Gasteiger partial charge < -0.3 is 9.84 Å². The van der Waals surface area contributed by atoms with E-state index in [0.717, 1.165) is 5.56 Å². The first-order valence-electron chi connectivity index (χ1n) is 8.48. The molecule has 1 aromatic carbocycles. The van der Waals surface area contributed by atoms with Crippen LogP contribution in [-0.2, 0) is 4.74 Å². The van der Waals surface area contributed by atoms with Crippen molar-refractivity contribution in [2.75, 3.05) is 0 Å². The quantitative estimate of drug-likeness (QED) is 0.754. The average molecular weight is 284 g/mol. The molecule has 0 radical (unpaired) electrons. The van der Waals surface area contributed by atoms with Crippen LogP contribution >= 0.6 is 0 Å². The predicted octanol–water partition coefficient (Wildman–Crippen LogP) is 4.75. The normalized spacial score (nSPS) is 35.5. The van der Waals surface area contributed by atoms with Crippen molar-refractivity contribution in [2.45, 2.75) is 57.2 Å². The highest BCUT2D eigenvalue weighted by molar-refractivity contribution is 5.37. The van der Waals surface area contributed by atoms with Crippen LogP contribution in [0.3, 0.4) is 0 Å². The third-order valence-electron chi connectivity index (χ3n) is 5.59. The van der Waals surface area contributed by atoms with E-state index in [2.05, 4.69) is 6.08 Å². The van der Waals surface area contributed by atoms with Crippen LogP contribution in [-0.4, -0.2) is 11.2 Å². The van der Waals surface area contributed by atoms with Gasteiger partial charge >= 0.3 is 0 Å². The van der Waals surface area contributed by atoms with E-state index in [-0.39, 0.29) is 6.10 Å². The molecule has 1 N–H and O–H groups in total. The van der Waals surface area contributed by atoms with Crippen molar-refractivity contribution in [3.05, 3.63) is 41.5 Å². The molecule has 0 unspecified atom stereocenters. The molecule has 0 amide bonds. The van der Waals surface area contributed by atoms with Crippen LogP contribution in [0.1, 0.15) is 56.6 Å². The molecular formula is C19H24O2. The summed E-state index contributed by atoms with van der Waals surface area (Å²) in [5.74, 6) is 1.51. The number of hydrogen-bond donors (Lipinski definition) is 1. The topological polar surface area (TPSA) is 29.5 Å². The Bertz CT molecular complexity index is 548. The number of benzene rings is 1. The predicted molar refractivity (Wildman–Crippen MR) is 83.1 cm³/mol. The lowest BCUT2D eigenvalue weighted by atomic mass is 9.68. The summed E-state index contributed by atoms with van der Waals surface area (Å²) in [5.41, 5.74) is 2.63. The van der Waals surface area contributed by atoms with E-state index in [1.807, 2.05) is 18.2 Å². The fourth-order valence-corrected chi connectivity index (χ4v) is 4.62. The molecule has 2 aliphatic carbocycles. The summed E-state index contributed by atoms with van der Waals surface area (Å²) in [6.45, 7) is 0. The van der Waals surface area contributed by atoms with Crippen molar-refractivity contribution in [1.82, 2.24) is 0 Å². The third kappa shape index (κ3) is 2.30. The first-order valence-corrected chi connectivity index (χ1v) is 8.48. The van der Waals surface area contributed by atoms with Gasteiger partial charge in [-0.05, 0) is 38.2 Å². The Labute approximate surface area is 126 Å². The number of hydrogen-bond acceptors (Lipinski definition) is 2. The summed E-state index contributed by atoms with van der Waals surface area (Å²) < 4.78 is 6.53. The average Bonchev–Trinajstić information content (AvgIpc) is 2.55. The first kappa shape index (κ1) is 13.4. The van der Waals surface area contributed by atoms with Gasteiger partial charge in [-0.2, -0.15) is 0 Å². The van der Waals surface area contributed by atoms with E-state index in [1.54, 1.807) is 11.6 Å². The van der Waals surface area contributed by atoms with Crippen LogP contribution in [0.5, 0.6) is 5.75 Å². The highest BCUT2D eigenvalue weighted by Crippen LogP contribution is 2.52. The molecule has 1 aliphatic heterocycles. The molecule has 112 valence electrons. The summed E-state index contributed by atoms with van der Waals surface area (Å²) >= 11 is 0. The van der Waals surface area contributed by atoms with Crippen LogP contribution in [0.25, 0.3) is 0 Å². The Balaban J connectivity index is 1.72. The smallest absolute Gasteiger partial charge is 0.121 e. The molecule has 1 heterocycles. The van der Waals surface area contributed by atoms with Gasteiger partial charge in [0, 0.05) is 17.4 Å². The summed E-state index contributed by atoms with van der Waals surface area (Å²) in [6.07, 6.45) is 11.7. The second kappa shape index (κ2) is 5.49. The SMILES string of the molecule is Oc1ccccc1[C@H]1O[C@@H]2CCCC[C@@H]2C2=CCCC[C@@H]21. The molecule has 1 aromatic rings. The minimum absolute atomic E-state index is 0.0529. The zero-order chi connectivity index (χ0) is 14.2. The summed E-state index contributed by atoms with van der Waals surface area (Å²) in [4.78, 5) is 0. The zero-order valence-electron chi connectivity index (χ0n) is 12.5. The molecule has 2 fully saturated rings. The molecule has 4 rings (SSSR count). The van der Waals surface area contributed by atoms with Crippen LogP contribution in [0.2, 0.25) is 0 Å². The van der Waals surface area contributed by atoms with Crippen molar-refractivity contribution in [3.63, 3.8) is 0 Å². The fourth-order valence-electron chi connectivity index (χ4n) is 4.62. The van der Waals surface area contributed by atoms with Gasteiger partial charge in [0.1, 0.15) is 5.75 Å². The standard InChI is InChI=1S/C19H24O2/c20-17-11-5-3-10-16(17)19-15-9-2-1-7-13(15)14-8-4-6-12-18(14)21-19/h3,5,7,10-11,14-15,18-20H,1-2,4,6,8-9,12H2/t14-,15+,18-,19+/m1/s1. The monoisotopic (exact) mass is 284 g/mol. The largest absolute Gasteiger partial charge is 0.508 e. The van der Waals surface area contributed by atoms with Gasteiger partial charge in [0.15, 0.2) is 0 Å². The lowest BCUT2D eigenvalue weighted by molar-refractivity contribution is -0.107. The first-order chi connectivity index (χ1) is 10.3. The maximum absolute atomic E-state index is 10.2. The van der Waals surface area contributed by atoms with Crippen molar-refractivity contribution >= 4 is 0 Å². The Hall–Kier alpha value is -1.28. The molecule has 0 spiro atoms. The number of allylic oxidation sites excluding steroid dienone is 1. The number of rotatable bonds is 1. The lowest BCUT2D eigenvalue weighted by Gasteiger charge is -2.47. The van der Waals surface area contributed by atoms with E-state index in [0.29, 0.717) is 23.7 Å². The van der Waals surface area contributed by atoms with Gasteiger partial charge in [0.2, 0.25) is 0 Å². The Morgan fingerprint density at radius 1 is 0.952 bits per heavy atom. The fraction of sp³-hybridized carbons (Fsp3) is 0.579. The minimum atomic E-state index is 0.0529. The number of phenolic OH excluding ortho intramolecular Hbond substituents is 1. The molecular weight excluding hydrogens is 260 g/mol. The molecule has 0 aromatic heterocycles. The number of aromatic hydroxyl groups is 1. The second-order valence-electron chi connectivity index (χ2n) is 6.79. The minimum Gasteiger partial charge on any atom is -0.508 e. The molecule has 1 saturated heterocycles. The van der Waals surface area contributed by atoms with Crippen molar-refractivity contribution < 1.29 is 9.84 Å². The summed E-state index contributed by atoms with van der Waals surface area (Å²) in [5, 5.41) is 10.2. The van der Waals surface area contributed by atoms with Crippen LogP contribution in [0.15, 0.2) is 35.9 Å². The van der Waals surface area contributed by atoms with Crippen molar-refractivity contribution in [2.24, 2.45) is 11.8 Å². The van der Waals surface area contributed by atoms with Gasteiger partial charge in [-0.15, -0.1) is 0 Å². The Morgan fingerprint density at radius 2 is 1.76 bits per heavy atom. The highest BCUT2D eigenvalue weighted by atomic mass is 16.5. The number of fused-ring (bicyclic) bond motifs is 3. The van der Waals surface area contributed by atoms with Gasteiger partial charge in [-0.25, -0.2) is 0 Å². The van der Waals surface area contributed by atoms with E-state index in [4.69, 9.17) is 4.74 Å². The lowest BCUT2D eigenvalue weighted by Crippen LogP contribution is -2.41. The second-order valence-corrected chi connectivity index (χ2v) is 6.79. The molecule has 2 heteroatoms. The summed E-state index contributed by atoms with van der Waals surface area (Å²) in [7, 11) is 0. The van der Waals surface area contributed by atoms with Crippen LogP contribution in [0, 0.1) is 11.8 Å². The molecule has 4 atom stereocenters. The number of phenols is 1. The van der Waals surface area contributed by atoms with Crippen LogP contribution < -0.4 is 0 Å². The maximum Gasteiger partial charge on any atom is 0.121 e. The van der Waals surface area contributed by atoms with E-state index in [1.165, 1.54) is 44.9 Å². The molecule has 21 heavy (non-hydrogen) atoms. The van der Waals surface area contributed by atoms with E-state index in [9.17, 15) is 5.11 Å². The third-order valence-corrected chi connectivity index (χ3v) is 5.59. The Morgan fingerprint density at radius 3 is 2.67 bits per heavy atom. The Kier molecular flexibility index (Phi) is 3.50. The van der Waals surface area contributed by atoms with E-state index >= 15 is 0 Å². The molecule has 1 saturated carbocycles. The molecule has 0 bridgehead atoms. The van der Waals surface area contributed by atoms with Crippen molar-refractivity contribution in [1.29, 1.82) is 0 Å². The van der Waals surface area contributed by atoms with Crippen molar-refractivity contribution in [3.8, 4) is 5.75 Å². The maximum atomic E-state index is 10.2. The summed E-state index contributed by atoms with van der Waals surface area (Å²) in [6, 6.07) is 7.73. The number of para-hydroxylation sites is 1. The van der Waals surface area contributed by atoms with Gasteiger partial charge in [0.05, 0.1) is 12.2 Å². The van der Waals surface area contributed by atoms with Crippen LogP contribution in [0.4, 0.5) is 0 Å². The highest BCUT2D eigenvalue weighted by Gasteiger charge is 2.44. The number of ether oxygens (including phenoxy) is 1. The van der Waals surface area contributed by atoms with E-state index < -0.39 is 0 Å². The molecule has 3 aliphatic rings. The van der Waals surface area contributed by atoms with Gasteiger partial charge in [0.25, 0.3) is 0 Å².